The van der Waals surface area contributed by atoms with Crippen LogP contribution in [0.25, 0.3) is 21.5 Å². The van der Waals surface area contributed by atoms with E-state index in [9.17, 15) is 0 Å². The van der Waals surface area contributed by atoms with Crippen LogP contribution in [0.4, 0.5) is 0 Å². The Kier molecular flexibility index (Phi) is 3.48. The number of hydrogen-bond donors (Lipinski definition) is 0. The fourth-order valence-corrected chi connectivity index (χ4v) is 5.81. The first-order chi connectivity index (χ1) is 11.1. The standard InChI is InChI=1S/C21H17ClSi/c1-23(22,20-12-10-16-6-2-4-8-18(16)14-20)21-13-11-17-7-3-5-9-19(17)15-21/h2-15H,1H3. The summed E-state index contributed by atoms with van der Waals surface area (Å²) in [6, 6.07) is 30.1. The molecule has 4 rings (SSSR count). The highest BCUT2D eigenvalue weighted by molar-refractivity contribution is 7.33. The molecule has 0 bridgehead atoms. The maximum Gasteiger partial charge on any atom is 0.214 e. The van der Waals surface area contributed by atoms with Gasteiger partial charge in [0.05, 0.1) is 0 Å². The minimum atomic E-state index is -2.22. The van der Waals surface area contributed by atoms with Crippen LogP contribution in [-0.2, 0) is 0 Å². The monoisotopic (exact) mass is 332 g/mol. The van der Waals surface area contributed by atoms with Crippen molar-refractivity contribution in [2.45, 2.75) is 6.55 Å². The van der Waals surface area contributed by atoms with Crippen LogP contribution in [0.3, 0.4) is 0 Å². The second kappa shape index (κ2) is 5.52. The average molecular weight is 333 g/mol. The van der Waals surface area contributed by atoms with Gasteiger partial charge in [-0.25, -0.2) is 0 Å². The topological polar surface area (TPSA) is 0 Å². The Labute approximate surface area is 142 Å². The van der Waals surface area contributed by atoms with Gasteiger partial charge in [-0.15, -0.1) is 0 Å². The molecule has 23 heavy (non-hydrogen) atoms. The lowest BCUT2D eigenvalue weighted by atomic mass is 10.1. The molecular weight excluding hydrogens is 316 g/mol. The van der Waals surface area contributed by atoms with E-state index in [1.54, 1.807) is 0 Å². The van der Waals surface area contributed by atoms with Crippen LogP contribution in [0.2, 0.25) is 6.55 Å². The van der Waals surface area contributed by atoms with Gasteiger partial charge in [0.2, 0.25) is 7.38 Å². The second-order valence-corrected chi connectivity index (χ2v) is 11.6. The van der Waals surface area contributed by atoms with Gasteiger partial charge in [0, 0.05) is 0 Å². The number of rotatable bonds is 2. The third-order valence-electron chi connectivity index (χ3n) is 4.58. The van der Waals surface area contributed by atoms with Gasteiger partial charge in [-0.1, -0.05) is 84.9 Å². The summed E-state index contributed by atoms with van der Waals surface area (Å²) in [6.45, 7) is 2.21. The Morgan fingerprint density at radius 1 is 0.565 bits per heavy atom. The Hall–Kier alpha value is -2.09. The molecule has 0 saturated carbocycles. The van der Waals surface area contributed by atoms with Crippen LogP contribution < -0.4 is 10.4 Å². The second-order valence-electron chi connectivity index (χ2n) is 6.13. The van der Waals surface area contributed by atoms with Crippen LogP contribution >= 0.6 is 11.1 Å². The van der Waals surface area contributed by atoms with Crippen molar-refractivity contribution in [1.82, 2.24) is 0 Å². The molecule has 0 saturated heterocycles. The SMILES string of the molecule is C[Si](Cl)(c1ccc2ccccc2c1)c1ccc2ccccc2c1. The van der Waals surface area contributed by atoms with Crippen LogP contribution in [0.1, 0.15) is 0 Å². The fraction of sp³-hybridized carbons (Fsp3) is 0.0476. The summed E-state index contributed by atoms with van der Waals surface area (Å²) >= 11 is 7.13. The summed E-state index contributed by atoms with van der Waals surface area (Å²) in [5, 5.41) is 7.55. The van der Waals surface area contributed by atoms with Gasteiger partial charge in [0.25, 0.3) is 0 Å². The lowest BCUT2D eigenvalue weighted by Gasteiger charge is -2.21. The van der Waals surface area contributed by atoms with Crippen molar-refractivity contribution < 1.29 is 0 Å². The van der Waals surface area contributed by atoms with E-state index in [1.165, 1.54) is 31.9 Å². The van der Waals surface area contributed by atoms with E-state index in [0.717, 1.165) is 0 Å². The molecule has 0 nitrogen and oxygen atoms in total. The van der Waals surface area contributed by atoms with E-state index < -0.39 is 7.38 Å². The van der Waals surface area contributed by atoms with E-state index in [4.69, 9.17) is 11.1 Å². The molecule has 4 aromatic rings. The Morgan fingerprint density at radius 3 is 1.39 bits per heavy atom. The molecule has 0 aliphatic heterocycles. The van der Waals surface area contributed by atoms with Gasteiger partial charge in [-0.2, -0.15) is 11.1 Å². The molecule has 4 aromatic carbocycles. The Balaban J connectivity index is 1.85. The Bertz CT molecular complexity index is 923. The van der Waals surface area contributed by atoms with Crippen LogP contribution in [0, 0.1) is 0 Å². The summed E-state index contributed by atoms with van der Waals surface area (Å²) in [7, 11) is -2.22. The molecule has 0 atom stereocenters. The van der Waals surface area contributed by atoms with Gasteiger partial charge in [-0.05, 0) is 38.5 Å². The van der Waals surface area contributed by atoms with Crippen molar-refractivity contribution in [3.63, 3.8) is 0 Å². The lowest BCUT2D eigenvalue weighted by molar-refractivity contribution is 1.75. The van der Waals surface area contributed by atoms with Gasteiger partial charge in [-0.3, -0.25) is 0 Å². The van der Waals surface area contributed by atoms with Crippen molar-refractivity contribution in [1.29, 1.82) is 0 Å². The maximum absolute atomic E-state index is 7.13. The zero-order chi connectivity index (χ0) is 15.9. The molecule has 0 fully saturated rings. The normalized spacial score (nSPS) is 11.9. The third-order valence-corrected chi connectivity index (χ3v) is 8.68. The van der Waals surface area contributed by atoms with E-state index in [0.29, 0.717) is 0 Å². The smallest absolute Gasteiger partial charge is 0.155 e. The fourth-order valence-electron chi connectivity index (χ4n) is 3.13. The zero-order valence-corrected chi connectivity index (χ0v) is 14.7. The molecule has 112 valence electrons. The summed E-state index contributed by atoms with van der Waals surface area (Å²) in [4.78, 5) is 0. The van der Waals surface area contributed by atoms with Crippen LogP contribution in [-0.4, -0.2) is 7.38 Å². The van der Waals surface area contributed by atoms with E-state index in [2.05, 4.69) is 91.5 Å². The predicted octanol–water partition coefficient (Wildman–Crippen LogP) is 4.92. The molecule has 0 aliphatic carbocycles. The zero-order valence-electron chi connectivity index (χ0n) is 13.0. The highest BCUT2D eigenvalue weighted by Gasteiger charge is 2.30. The highest BCUT2D eigenvalue weighted by Crippen LogP contribution is 2.19. The first-order valence-electron chi connectivity index (χ1n) is 7.82. The molecule has 0 spiro atoms. The Morgan fingerprint density at radius 2 is 0.957 bits per heavy atom. The lowest BCUT2D eigenvalue weighted by Crippen LogP contribution is -2.50. The van der Waals surface area contributed by atoms with Gasteiger partial charge in [0.1, 0.15) is 0 Å². The molecule has 0 aliphatic rings. The summed E-state index contributed by atoms with van der Waals surface area (Å²) in [5.41, 5.74) is 0. The maximum atomic E-state index is 7.13. The van der Waals surface area contributed by atoms with Crippen molar-refractivity contribution in [2.24, 2.45) is 0 Å². The molecule has 0 N–H and O–H groups in total. The summed E-state index contributed by atoms with van der Waals surface area (Å²) in [5.74, 6) is 0. The molecule has 0 aromatic heterocycles. The number of hydrogen-bond acceptors (Lipinski definition) is 0. The molecular formula is C21H17ClSi. The first-order valence-corrected chi connectivity index (χ1v) is 11.3. The quantitative estimate of drug-likeness (QED) is 0.361. The van der Waals surface area contributed by atoms with Crippen molar-refractivity contribution >= 4 is 50.4 Å². The number of fused-ring (bicyclic) bond motifs is 2. The predicted molar refractivity (Wildman–Crippen MR) is 105 cm³/mol. The minimum absolute atomic E-state index is 1.25. The van der Waals surface area contributed by atoms with E-state index >= 15 is 0 Å². The summed E-state index contributed by atoms with van der Waals surface area (Å²) in [6.07, 6.45) is 0. The van der Waals surface area contributed by atoms with Gasteiger partial charge < -0.3 is 0 Å². The van der Waals surface area contributed by atoms with E-state index in [-0.39, 0.29) is 0 Å². The van der Waals surface area contributed by atoms with Crippen molar-refractivity contribution in [2.75, 3.05) is 0 Å². The number of halogens is 1. The van der Waals surface area contributed by atoms with Gasteiger partial charge >= 0.3 is 0 Å². The molecule has 0 amide bonds. The highest BCUT2D eigenvalue weighted by atomic mass is 35.6. The largest absolute Gasteiger partial charge is 0.214 e. The summed E-state index contributed by atoms with van der Waals surface area (Å²) < 4.78 is 0. The first kappa shape index (κ1) is 14.5. The van der Waals surface area contributed by atoms with Gasteiger partial charge in [0.15, 0.2) is 0 Å². The number of benzene rings is 4. The van der Waals surface area contributed by atoms with Crippen molar-refractivity contribution in [3.05, 3.63) is 84.9 Å². The molecule has 0 unspecified atom stereocenters. The molecule has 0 heterocycles. The average Bonchev–Trinajstić information content (AvgIpc) is 2.61. The third kappa shape index (κ3) is 2.56. The molecule has 0 radical (unpaired) electrons. The van der Waals surface area contributed by atoms with Crippen LogP contribution in [0.5, 0.6) is 0 Å². The molecule has 2 heteroatoms. The van der Waals surface area contributed by atoms with E-state index in [1.807, 2.05) is 0 Å². The van der Waals surface area contributed by atoms with Crippen molar-refractivity contribution in [3.8, 4) is 0 Å². The van der Waals surface area contributed by atoms with Crippen LogP contribution in [0.15, 0.2) is 84.9 Å². The minimum Gasteiger partial charge on any atom is -0.155 e.